The van der Waals surface area contributed by atoms with Crippen molar-refractivity contribution in [3.63, 3.8) is 0 Å². The maximum Gasteiger partial charge on any atom is 0.263 e. The Kier molecular flexibility index (Phi) is 5.34. The molecule has 152 valence electrons. The lowest BCUT2D eigenvalue weighted by molar-refractivity contribution is 0.476. The Bertz CT molecular complexity index is 1290. The third-order valence-electron chi connectivity index (χ3n) is 4.35. The monoisotopic (exact) mass is 440 g/mol. The third-order valence-corrected chi connectivity index (χ3v) is 6.79. The first kappa shape index (κ1) is 19.8. The van der Waals surface area contributed by atoms with Gasteiger partial charge < -0.3 is 10.4 Å². The number of rotatable bonds is 7. The lowest BCUT2D eigenvalue weighted by atomic mass is 10.1. The average Bonchev–Trinajstić information content (AvgIpc) is 3.14. The molecule has 0 unspecified atom stereocenters. The van der Waals surface area contributed by atoms with Gasteiger partial charge in [-0.05, 0) is 47.6 Å². The fourth-order valence-corrected chi connectivity index (χ4v) is 4.97. The first-order valence-corrected chi connectivity index (χ1v) is 11.1. The number of phenolic OH excluding ortho intramolecular Hbond substituents is 1. The molecule has 10 heteroatoms. The molecule has 0 saturated heterocycles. The highest BCUT2D eigenvalue weighted by Gasteiger charge is 2.16. The molecular weight excluding hydrogens is 424 g/mol. The first-order valence-electron chi connectivity index (χ1n) is 8.83. The van der Waals surface area contributed by atoms with E-state index < -0.39 is 10.0 Å². The molecule has 30 heavy (non-hydrogen) atoms. The van der Waals surface area contributed by atoms with Crippen LogP contribution >= 0.6 is 11.3 Å². The van der Waals surface area contributed by atoms with Crippen LogP contribution in [0.25, 0.3) is 10.2 Å². The Morgan fingerprint density at radius 2 is 1.77 bits per heavy atom. The van der Waals surface area contributed by atoms with Crippen molar-refractivity contribution in [1.82, 2.24) is 4.98 Å². The standard InChI is InChI=1S/C20H16N4O4S2/c25-17-6-3-4-13(19(17)23-26)12-21-14-8-10-15(11-9-14)30(27,28)24-20-22-16-5-1-2-7-18(16)29-20/h1-11,21,25H,12H2,(H,22,24). The molecule has 0 radical (unpaired) electrons. The van der Waals surface area contributed by atoms with E-state index in [0.717, 1.165) is 10.2 Å². The molecule has 0 aliphatic rings. The predicted molar refractivity (Wildman–Crippen MR) is 118 cm³/mol. The van der Waals surface area contributed by atoms with E-state index in [1.165, 1.54) is 29.5 Å². The minimum absolute atomic E-state index is 0.0239. The number of thiazole rings is 1. The summed E-state index contributed by atoms with van der Waals surface area (Å²) in [6.07, 6.45) is 0. The summed E-state index contributed by atoms with van der Waals surface area (Å²) in [5.74, 6) is -0.188. The van der Waals surface area contributed by atoms with Gasteiger partial charge in [0.25, 0.3) is 10.0 Å². The number of benzene rings is 3. The molecular formula is C20H16N4O4S2. The molecule has 0 amide bonds. The number of nitrogens with zero attached hydrogens (tertiary/aromatic N) is 2. The van der Waals surface area contributed by atoms with Gasteiger partial charge in [-0.2, -0.15) is 0 Å². The van der Waals surface area contributed by atoms with Crippen molar-refractivity contribution in [2.75, 3.05) is 10.0 Å². The molecule has 4 rings (SSSR count). The summed E-state index contributed by atoms with van der Waals surface area (Å²) in [7, 11) is -3.78. The highest BCUT2D eigenvalue weighted by atomic mass is 32.2. The van der Waals surface area contributed by atoms with Gasteiger partial charge in [-0.3, -0.25) is 4.72 Å². The zero-order chi connectivity index (χ0) is 21.1. The van der Waals surface area contributed by atoms with Crippen LogP contribution in [0.5, 0.6) is 5.75 Å². The summed E-state index contributed by atoms with van der Waals surface area (Å²) in [4.78, 5) is 15.3. The predicted octanol–water partition coefficient (Wildman–Crippen LogP) is 4.81. The number of anilines is 2. The number of aromatic hydroxyl groups is 1. The largest absolute Gasteiger partial charge is 0.506 e. The molecule has 0 aliphatic heterocycles. The summed E-state index contributed by atoms with van der Waals surface area (Å²) in [6, 6.07) is 18.3. The highest BCUT2D eigenvalue weighted by molar-refractivity contribution is 7.93. The maximum absolute atomic E-state index is 12.7. The molecule has 4 aromatic rings. The number of para-hydroxylation sites is 1. The minimum Gasteiger partial charge on any atom is -0.506 e. The summed E-state index contributed by atoms with van der Waals surface area (Å²) >= 11 is 1.26. The number of hydrogen-bond donors (Lipinski definition) is 3. The molecule has 0 saturated carbocycles. The van der Waals surface area contributed by atoms with Crippen LogP contribution in [0, 0.1) is 4.91 Å². The van der Waals surface area contributed by atoms with E-state index in [1.54, 1.807) is 24.3 Å². The van der Waals surface area contributed by atoms with Gasteiger partial charge in [0.05, 0.1) is 15.1 Å². The summed E-state index contributed by atoms with van der Waals surface area (Å²) in [6.45, 7) is 0.242. The van der Waals surface area contributed by atoms with Gasteiger partial charge in [0.15, 0.2) is 10.8 Å². The third kappa shape index (κ3) is 4.09. The molecule has 3 aromatic carbocycles. The summed E-state index contributed by atoms with van der Waals surface area (Å²) < 4.78 is 28.7. The Morgan fingerprint density at radius 3 is 2.50 bits per heavy atom. The molecule has 3 N–H and O–H groups in total. The van der Waals surface area contributed by atoms with Gasteiger partial charge in [-0.25, -0.2) is 13.4 Å². The van der Waals surface area contributed by atoms with Gasteiger partial charge in [-0.15, -0.1) is 4.91 Å². The number of aromatic nitrogens is 1. The molecule has 1 heterocycles. The second-order valence-corrected chi connectivity index (χ2v) is 9.06. The topological polar surface area (TPSA) is 121 Å². The van der Waals surface area contributed by atoms with E-state index >= 15 is 0 Å². The van der Waals surface area contributed by atoms with Crippen LogP contribution in [-0.4, -0.2) is 18.5 Å². The van der Waals surface area contributed by atoms with Crippen molar-refractivity contribution in [2.45, 2.75) is 11.4 Å². The Labute approximate surface area is 176 Å². The van der Waals surface area contributed by atoms with Gasteiger partial charge in [0.2, 0.25) is 0 Å². The zero-order valence-corrected chi connectivity index (χ0v) is 17.1. The Morgan fingerprint density at radius 1 is 1.00 bits per heavy atom. The smallest absolute Gasteiger partial charge is 0.263 e. The van der Waals surface area contributed by atoms with Gasteiger partial charge >= 0.3 is 0 Å². The number of hydrogen-bond acceptors (Lipinski definition) is 8. The van der Waals surface area contributed by atoms with Crippen molar-refractivity contribution < 1.29 is 13.5 Å². The number of phenols is 1. The number of fused-ring (bicyclic) bond motifs is 1. The Balaban J connectivity index is 1.47. The molecule has 0 fully saturated rings. The van der Waals surface area contributed by atoms with Gasteiger partial charge in [0.1, 0.15) is 5.75 Å². The number of nitroso groups, excluding NO2 is 1. The normalized spacial score (nSPS) is 11.3. The van der Waals surface area contributed by atoms with Crippen molar-refractivity contribution in [2.24, 2.45) is 5.18 Å². The Hall–Kier alpha value is -3.50. The molecule has 0 aliphatic carbocycles. The van der Waals surface area contributed by atoms with Crippen LogP contribution in [0.4, 0.5) is 16.5 Å². The van der Waals surface area contributed by atoms with Crippen LogP contribution < -0.4 is 10.0 Å². The fourth-order valence-electron chi connectivity index (χ4n) is 2.86. The zero-order valence-electron chi connectivity index (χ0n) is 15.4. The van der Waals surface area contributed by atoms with Crippen LogP contribution in [0.15, 0.2) is 76.8 Å². The summed E-state index contributed by atoms with van der Waals surface area (Å²) in [5, 5.41) is 15.9. The van der Waals surface area contributed by atoms with E-state index in [1.807, 2.05) is 24.3 Å². The minimum atomic E-state index is -3.78. The molecule has 0 spiro atoms. The lowest BCUT2D eigenvalue weighted by Crippen LogP contribution is -2.12. The second kappa shape index (κ2) is 8.09. The number of nitrogens with one attached hydrogen (secondary N) is 2. The van der Waals surface area contributed by atoms with Crippen LogP contribution in [0.1, 0.15) is 5.56 Å². The summed E-state index contributed by atoms with van der Waals surface area (Å²) in [5.41, 5.74) is 1.88. The van der Waals surface area contributed by atoms with Crippen molar-refractivity contribution >= 4 is 48.1 Å². The van der Waals surface area contributed by atoms with E-state index in [2.05, 4.69) is 20.2 Å². The van der Waals surface area contributed by atoms with Crippen LogP contribution in [0.2, 0.25) is 0 Å². The van der Waals surface area contributed by atoms with E-state index in [-0.39, 0.29) is 22.9 Å². The van der Waals surface area contributed by atoms with Gasteiger partial charge in [0, 0.05) is 17.8 Å². The van der Waals surface area contributed by atoms with Gasteiger partial charge in [-0.1, -0.05) is 35.6 Å². The van der Waals surface area contributed by atoms with Crippen molar-refractivity contribution in [3.05, 3.63) is 77.2 Å². The van der Waals surface area contributed by atoms with E-state index in [0.29, 0.717) is 16.4 Å². The first-order chi connectivity index (χ1) is 14.5. The highest BCUT2D eigenvalue weighted by Crippen LogP contribution is 2.31. The molecule has 8 nitrogen and oxygen atoms in total. The van der Waals surface area contributed by atoms with E-state index in [9.17, 15) is 18.4 Å². The van der Waals surface area contributed by atoms with Crippen LogP contribution in [-0.2, 0) is 16.6 Å². The molecule has 0 bridgehead atoms. The number of sulfonamides is 1. The van der Waals surface area contributed by atoms with Crippen molar-refractivity contribution in [1.29, 1.82) is 0 Å². The van der Waals surface area contributed by atoms with E-state index in [4.69, 9.17) is 0 Å². The van der Waals surface area contributed by atoms with Crippen LogP contribution in [0.3, 0.4) is 0 Å². The van der Waals surface area contributed by atoms with Crippen molar-refractivity contribution in [3.8, 4) is 5.75 Å². The fraction of sp³-hybridized carbons (Fsp3) is 0.0500. The molecule has 1 aromatic heterocycles. The SMILES string of the molecule is O=Nc1c(O)cccc1CNc1ccc(S(=O)(=O)Nc2nc3ccccc3s2)cc1. The second-order valence-electron chi connectivity index (χ2n) is 6.35. The molecule has 0 atom stereocenters. The lowest BCUT2D eigenvalue weighted by Gasteiger charge is -2.10. The quantitative estimate of drug-likeness (QED) is 0.355. The maximum atomic E-state index is 12.7. The average molecular weight is 441 g/mol.